The van der Waals surface area contributed by atoms with Gasteiger partial charge in [0.2, 0.25) is 0 Å². The highest BCUT2D eigenvalue weighted by atomic mass is 16.8. The molecule has 0 aromatic carbocycles. The molecule has 3 saturated heterocycles. The average molecular weight is 516 g/mol. The zero-order chi connectivity index (χ0) is 26.2. The first-order valence-electron chi connectivity index (χ1n) is 10.8. The molecule has 0 radical (unpaired) electrons. The van der Waals surface area contributed by atoms with Crippen molar-refractivity contribution in [1.82, 2.24) is 0 Å². The predicted octanol–water partition coefficient (Wildman–Crippen LogP) is -5.80. The maximum Gasteiger partial charge on any atom is 0.335 e. The van der Waals surface area contributed by atoms with Crippen LogP contribution in [-0.4, -0.2) is 158 Å². The largest absolute Gasteiger partial charge is 0.479 e. The van der Waals surface area contributed by atoms with E-state index in [0.717, 1.165) is 7.11 Å². The van der Waals surface area contributed by atoms with Crippen LogP contribution in [0.4, 0.5) is 0 Å². The summed E-state index contributed by atoms with van der Waals surface area (Å²) in [5.74, 6) is -1.66. The van der Waals surface area contributed by atoms with Crippen LogP contribution in [0.5, 0.6) is 0 Å². The topological polar surface area (TPSA) is 255 Å². The van der Waals surface area contributed by atoms with Crippen LogP contribution >= 0.6 is 0 Å². The zero-order valence-electron chi connectivity index (χ0n) is 18.8. The molecule has 16 nitrogen and oxygen atoms in total. The number of aliphatic hydroxyl groups is 8. The third kappa shape index (κ3) is 5.60. The monoisotopic (exact) mass is 516 g/mol. The van der Waals surface area contributed by atoms with E-state index in [0.29, 0.717) is 0 Å². The first-order valence-corrected chi connectivity index (χ1v) is 10.8. The van der Waals surface area contributed by atoms with E-state index in [1.54, 1.807) is 0 Å². The van der Waals surface area contributed by atoms with E-state index in [1.165, 1.54) is 6.92 Å². The van der Waals surface area contributed by atoms with E-state index in [-0.39, 0.29) is 0 Å². The van der Waals surface area contributed by atoms with E-state index in [4.69, 9.17) is 28.4 Å². The molecule has 0 aromatic heterocycles. The Bertz CT molecular complexity index is 710. The van der Waals surface area contributed by atoms with E-state index in [2.05, 4.69) is 0 Å². The van der Waals surface area contributed by atoms with Crippen molar-refractivity contribution < 1.29 is 79.2 Å². The molecule has 0 aromatic rings. The van der Waals surface area contributed by atoms with E-state index >= 15 is 0 Å². The summed E-state index contributed by atoms with van der Waals surface area (Å²) in [6.07, 6.45) is -24.9. The normalized spacial score (nSPS) is 51.2. The standard InChI is InChI=1S/C19H32O16/c1-4-6(21)8(23)11(26)17(31-4)33-13-7(22)5(3-20)32-19(30-2)15(13)35-18-12(27)9(24)10(25)14(34-18)16(28)29/h4-15,17-27H,3H2,1-2H3,(H,28,29)/t4-,5+,6+,7+,8+,9+,10+,11-,12-,13+,14+,15-,17-,18-,19-/m0/s1. The molecule has 204 valence electrons. The van der Waals surface area contributed by atoms with Gasteiger partial charge in [-0.1, -0.05) is 0 Å². The molecule has 9 N–H and O–H groups in total. The minimum atomic E-state index is -1.99. The quantitative estimate of drug-likeness (QED) is 0.153. The molecule has 0 spiro atoms. The molecule has 35 heavy (non-hydrogen) atoms. The molecular formula is C19H32O16. The van der Waals surface area contributed by atoms with Crippen molar-refractivity contribution in [2.45, 2.75) is 99.0 Å². The summed E-state index contributed by atoms with van der Waals surface area (Å²) in [4.78, 5) is 11.4. The minimum absolute atomic E-state index is 0.714. The molecule has 0 amide bonds. The fourth-order valence-electron chi connectivity index (χ4n) is 4.13. The van der Waals surface area contributed by atoms with Crippen LogP contribution in [0.3, 0.4) is 0 Å². The molecule has 3 rings (SSSR count). The maximum atomic E-state index is 11.4. The molecule has 15 atom stereocenters. The molecule has 0 bridgehead atoms. The number of ether oxygens (including phenoxy) is 6. The van der Waals surface area contributed by atoms with Gasteiger partial charge in [-0.15, -0.1) is 0 Å². The molecule has 0 aliphatic carbocycles. The minimum Gasteiger partial charge on any atom is -0.479 e. The van der Waals surface area contributed by atoms with Gasteiger partial charge in [-0.05, 0) is 6.92 Å². The number of rotatable bonds is 7. The Kier molecular flexibility index (Phi) is 9.38. The smallest absolute Gasteiger partial charge is 0.335 e. The van der Waals surface area contributed by atoms with Crippen LogP contribution < -0.4 is 0 Å². The first-order chi connectivity index (χ1) is 16.4. The van der Waals surface area contributed by atoms with Gasteiger partial charge < -0.3 is 74.4 Å². The number of hydrogen-bond donors (Lipinski definition) is 9. The van der Waals surface area contributed by atoms with Crippen molar-refractivity contribution in [2.75, 3.05) is 13.7 Å². The fourth-order valence-corrected chi connectivity index (χ4v) is 4.13. The summed E-state index contributed by atoms with van der Waals surface area (Å²) < 4.78 is 32.4. The van der Waals surface area contributed by atoms with Crippen LogP contribution in [0.25, 0.3) is 0 Å². The average Bonchev–Trinajstić information content (AvgIpc) is 2.83. The van der Waals surface area contributed by atoms with Crippen LogP contribution in [-0.2, 0) is 33.2 Å². The van der Waals surface area contributed by atoms with Gasteiger partial charge in [0.05, 0.1) is 12.7 Å². The van der Waals surface area contributed by atoms with Crippen LogP contribution in [0.2, 0.25) is 0 Å². The summed E-state index contributed by atoms with van der Waals surface area (Å²) in [5.41, 5.74) is 0. The van der Waals surface area contributed by atoms with Crippen molar-refractivity contribution in [1.29, 1.82) is 0 Å². The third-order valence-corrected chi connectivity index (χ3v) is 6.23. The Hall–Kier alpha value is -1.09. The van der Waals surface area contributed by atoms with Crippen molar-refractivity contribution in [3.05, 3.63) is 0 Å². The lowest BCUT2D eigenvalue weighted by molar-refractivity contribution is -0.386. The second-order valence-electron chi connectivity index (χ2n) is 8.57. The summed E-state index contributed by atoms with van der Waals surface area (Å²) in [7, 11) is 1.16. The number of carboxylic acid groups (broad SMARTS) is 1. The summed E-state index contributed by atoms with van der Waals surface area (Å²) in [6, 6.07) is 0. The van der Waals surface area contributed by atoms with Crippen LogP contribution in [0, 0.1) is 0 Å². The number of methoxy groups -OCH3 is 1. The van der Waals surface area contributed by atoms with Crippen LogP contribution in [0.15, 0.2) is 0 Å². The zero-order valence-corrected chi connectivity index (χ0v) is 18.8. The van der Waals surface area contributed by atoms with E-state index < -0.39 is 105 Å². The molecular weight excluding hydrogens is 484 g/mol. The van der Waals surface area contributed by atoms with Crippen molar-refractivity contribution in [3.63, 3.8) is 0 Å². The van der Waals surface area contributed by atoms with Gasteiger partial charge in [-0.25, -0.2) is 4.79 Å². The van der Waals surface area contributed by atoms with Gasteiger partial charge in [0.25, 0.3) is 0 Å². The number of carbonyl (C=O) groups is 1. The number of aliphatic hydroxyl groups excluding tert-OH is 8. The van der Waals surface area contributed by atoms with Gasteiger partial charge in [0.1, 0.15) is 61.0 Å². The lowest BCUT2D eigenvalue weighted by atomic mass is 9.96. The van der Waals surface area contributed by atoms with Gasteiger partial charge in [-0.3, -0.25) is 0 Å². The summed E-state index contributed by atoms with van der Waals surface area (Å²) in [5, 5.41) is 90.1. The van der Waals surface area contributed by atoms with E-state index in [9.17, 15) is 50.8 Å². The van der Waals surface area contributed by atoms with Gasteiger partial charge in [-0.2, -0.15) is 0 Å². The first kappa shape index (κ1) is 28.5. The van der Waals surface area contributed by atoms with Crippen molar-refractivity contribution >= 4 is 5.97 Å². The van der Waals surface area contributed by atoms with Gasteiger partial charge >= 0.3 is 5.97 Å². The van der Waals surface area contributed by atoms with Gasteiger partial charge in [0.15, 0.2) is 25.0 Å². The number of aliphatic carboxylic acids is 1. The highest BCUT2D eigenvalue weighted by molar-refractivity contribution is 5.73. The fraction of sp³-hybridized carbons (Fsp3) is 0.947. The van der Waals surface area contributed by atoms with Crippen molar-refractivity contribution in [3.8, 4) is 0 Å². The lowest BCUT2D eigenvalue weighted by Gasteiger charge is -2.48. The molecule has 16 heteroatoms. The maximum absolute atomic E-state index is 11.4. The number of carboxylic acids is 1. The Morgan fingerprint density at radius 1 is 0.714 bits per heavy atom. The van der Waals surface area contributed by atoms with E-state index in [1.807, 2.05) is 0 Å². The second-order valence-corrected chi connectivity index (χ2v) is 8.57. The van der Waals surface area contributed by atoms with Gasteiger partial charge in [0, 0.05) is 7.11 Å². The highest BCUT2D eigenvalue weighted by Gasteiger charge is 2.54. The molecule has 3 aliphatic rings. The highest BCUT2D eigenvalue weighted by Crippen LogP contribution is 2.33. The predicted molar refractivity (Wildman–Crippen MR) is 105 cm³/mol. The van der Waals surface area contributed by atoms with Crippen molar-refractivity contribution in [2.24, 2.45) is 0 Å². The Morgan fingerprint density at radius 3 is 1.80 bits per heavy atom. The molecule has 0 saturated carbocycles. The summed E-state index contributed by atoms with van der Waals surface area (Å²) in [6.45, 7) is 0.679. The Balaban J connectivity index is 1.88. The molecule has 3 heterocycles. The SMILES string of the molecule is CO[C@H]1O[C@H](CO)[C@@H](O)[C@@H](O[C@@H]2O[C@@H](C)[C@@H](O)[C@@H](O)[C@@H]2O)[C@@H]1O[C@@H]1O[C@@H](C(=O)O)[C@H](O)[C@@H](O)[C@@H]1O. The Labute approximate surface area is 198 Å². The third-order valence-electron chi connectivity index (χ3n) is 6.23. The summed E-state index contributed by atoms with van der Waals surface area (Å²) >= 11 is 0. The van der Waals surface area contributed by atoms with Crippen LogP contribution in [0.1, 0.15) is 6.92 Å². The molecule has 0 unspecified atom stereocenters. The Morgan fingerprint density at radius 2 is 1.26 bits per heavy atom. The second kappa shape index (κ2) is 11.5. The molecule has 3 aliphatic heterocycles. The number of hydrogen-bond acceptors (Lipinski definition) is 15. The lowest BCUT2D eigenvalue weighted by Crippen LogP contribution is -2.67. The molecule has 3 fully saturated rings.